The molecule has 29 heavy (non-hydrogen) atoms. The lowest BCUT2D eigenvalue weighted by Crippen LogP contribution is -2.51. The summed E-state index contributed by atoms with van der Waals surface area (Å²) in [7, 11) is 1.39. The molecule has 1 amide bonds. The number of ether oxygens (including phenoxy) is 3. The number of hydrogen-bond acceptors (Lipinski definition) is 5. The Labute approximate surface area is 174 Å². The first-order chi connectivity index (χ1) is 13.5. The van der Waals surface area contributed by atoms with Gasteiger partial charge >= 0.3 is 12.1 Å². The highest BCUT2D eigenvalue weighted by Crippen LogP contribution is 2.33. The molecule has 0 radical (unpaired) electrons. The van der Waals surface area contributed by atoms with Crippen LogP contribution in [0.25, 0.3) is 0 Å². The minimum absolute atomic E-state index is 0.292. The fourth-order valence-electron chi connectivity index (χ4n) is 3.55. The summed E-state index contributed by atoms with van der Waals surface area (Å²) in [6.45, 7) is 10.4. The van der Waals surface area contributed by atoms with Crippen molar-refractivity contribution in [1.29, 1.82) is 0 Å². The Hall–Kier alpha value is -2.08. The molecular formula is C23H35NO5. The molecular weight excluding hydrogens is 370 g/mol. The molecule has 0 spiro atoms. The number of methoxy groups -OCH3 is 1. The normalized spacial score (nSPS) is 18.8. The van der Waals surface area contributed by atoms with Crippen LogP contribution in [-0.4, -0.2) is 54.5 Å². The third-order valence-corrected chi connectivity index (χ3v) is 5.00. The molecule has 0 aliphatic carbocycles. The van der Waals surface area contributed by atoms with Crippen molar-refractivity contribution < 1.29 is 23.8 Å². The van der Waals surface area contributed by atoms with Gasteiger partial charge in [0.25, 0.3) is 0 Å². The van der Waals surface area contributed by atoms with Gasteiger partial charge in [-0.3, -0.25) is 4.79 Å². The highest BCUT2D eigenvalue weighted by Gasteiger charge is 2.40. The van der Waals surface area contributed by atoms with Gasteiger partial charge in [0.1, 0.15) is 11.5 Å². The lowest BCUT2D eigenvalue weighted by atomic mass is 9.85. The molecule has 0 bridgehead atoms. The Kier molecular flexibility index (Phi) is 7.69. The van der Waals surface area contributed by atoms with E-state index in [-0.39, 0.29) is 17.6 Å². The number of rotatable bonds is 6. The van der Waals surface area contributed by atoms with Crippen molar-refractivity contribution in [3.8, 4) is 0 Å². The smallest absolute Gasteiger partial charge is 0.410 e. The Morgan fingerprint density at radius 2 is 1.76 bits per heavy atom. The van der Waals surface area contributed by atoms with Crippen LogP contribution in [0, 0.1) is 0 Å². The van der Waals surface area contributed by atoms with E-state index in [4.69, 9.17) is 14.2 Å². The summed E-state index contributed by atoms with van der Waals surface area (Å²) in [6, 6.07) is 9.20. The molecule has 1 aromatic rings. The van der Waals surface area contributed by atoms with Crippen molar-refractivity contribution in [2.75, 3.05) is 20.3 Å². The van der Waals surface area contributed by atoms with Crippen LogP contribution < -0.4 is 0 Å². The van der Waals surface area contributed by atoms with Gasteiger partial charge in [-0.1, -0.05) is 30.3 Å². The maximum absolute atomic E-state index is 13.1. The van der Waals surface area contributed by atoms with Gasteiger partial charge in [0.15, 0.2) is 0 Å². The Morgan fingerprint density at radius 1 is 1.10 bits per heavy atom. The zero-order valence-electron chi connectivity index (χ0n) is 18.6. The number of nitrogens with zero attached hydrogens (tertiary/aromatic N) is 1. The van der Waals surface area contributed by atoms with Crippen LogP contribution >= 0.6 is 0 Å². The van der Waals surface area contributed by atoms with Crippen LogP contribution in [0.1, 0.15) is 65.4 Å². The Balaban J connectivity index is 2.20. The monoisotopic (exact) mass is 405 g/mol. The van der Waals surface area contributed by atoms with Crippen molar-refractivity contribution in [3.63, 3.8) is 0 Å². The first-order valence-corrected chi connectivity index (χ1v) is 10.3. The molecule has 6 nitrogen and oxygen atoms in total. The summed E-state index contributed by atoms with van der Waals surface area (Å²) < 4.78 is 16.7. The molecule has 1 aliphatic heterocycles. The van der Waals surface area contributed by atoms with E-state index in [1.165, 1.54) is 7.11 Å². The first-order valence-electron chi connectivity index (χ1n) is 10.3. The Morgan fingerprint density at radius 3 is 2.34 bits per heavy atom. The molecule has 6 heteroatoms. The van der Waals surface area contributed by atoms with Gasteiger partial charge < -0.3 is 19.1 Å². The number of likely N-dealkylation sites (tertiary alicyclic amines) is 1. The summed E-state index contributed by atoms with van der Waals surface area (Å²) in [5.74, 6) is -0.876. The predicted molar refractivity (Wildman–Crippen MR) is 112 cm³/mol. The third kappa shape index (κ3) is 6.74. The second-order valence-electron chi connectivity index (χ2n) is 9.20. The average Bonchev–Trinajstić information content (AvgIpc) is 2.67. The van der Waals surface area contributed by atoms with Crippen LogP contribution in [-0.2, 0) is 19.0 Å². The van der Waals surface area contributed by atoms with Crippen molar-refractivity contribution in [2.45, 2.75) is 77.0 Å². The van der Waals surface area contributed by atoms with E-state index in [0.29, 0.717) is 13.2 Å². The zero-order valence-corrected chi connectivity index (χ0v) is 18.6. The van der Waals surface area contributed by atoms with Gasteiger partial charge in [-0.05, 0) is 59.4 Å². The van der Waals surface area contributed by atoms with E-state index in [0.717, 1.165) is 24.8 Å². The fourth-order valence-corrected chi connectivity index (χ4v) is 3.55. The maximum Gasteiger partial charge on any atom is 0.410 e. The number of carbonyl (C=O) groups is 2. The minimum atomic E-state index is -0.778. The van der Waals surface area contributed by atoms with Gasteiger partial charge in [0.2, 0.25) is 0 Å². The standard InChI is InChI=1S/C23H35NO5/c1-22(2,3)28-16-23(4,5)29-21(26)24-15-11-10-14-18(24)19(20(25)27-6)17-12-8-7-9-13-17/h7-9,12-13,18-19H,10-11,14-16H2,1-6H3. The third-order valence-electron chi connectivity index (χ3n) is 5.00. The van der Waals surface area contributed by atoms with Crippen molar-refractivity contribution >= 4 is 12.1 Å². The Bertz CT molecular complexity index is 680. The molecule has 1 aliphatic rings. The SMILES string of the molecule is COC(=O)C(c1ccccc1)C1CCCCN1C(=O)OC(C)(C)COC(C)(C)C. The summed E-state index contributed by atoms with van der Waals surface area (Å²) in [4.78, 5) is 27.4. The van der Waals surface area contributed by atoms with Crippen LogP contribution in [0.3, 0.4) is 0 Å². The number of hydrogen-bond donors (Lipinski definition) is 0. The van der Waals surface area contributed by atoms with Gasteiger partial charge in [-0.2, -0.15) is 0 Å². The topological polar surface area (TPSA) is 65.1 Å². The van der Waals surface area contributed by atoms with Crippen molar-refractivity contribution in [3.05, 3.63) is 35.9 Å². The first kappa shape index (κ1) is 23.2. The lowest BCUT2D eigenvalue weighted by molar-refractivity contribution is -0.144. The van der Waals surface area contributed by atoms with Gasteiger partial charge in [0.05, 0.1) is 25.4 Å². The number of benzene rings is 1. The van der Waals surface area contributed by atoms with E-state index in [9.17, 15) is 9.59 Å². The zero-order chi connectivity index (χ0) is 21.7. The highest BCUT2D eigenvalue weighted by atomic mass is 16.6. The van der Waals surface area contributed by atoms with E-state index < -0.39 is 17.6 Å². The molecule has 1 fully saturated rings. The van der Waals surface area contributed by atoms with E-state index in [2.05, 4.69) is 0 Å². The molecule has 2 unspecified atom stereocenters. The second kappa shape index (κ2) is 9.61. The number of amides is 1. The van der Waals surface area contributed by atoms with Crippen LogP contribution in [0.2, 0.25) is 0 Å². The molecule has 0 N–H and O–H groups in total. The summed E-state index contributed by atoms with van der Waals surface area (Å²) in [6.07, 6.45) is 2.14. The predicted octanol–water partition coefficient (Wildman–Crippen LogP) is 4.53. The summed E-state index contributed by atoms with van der Waals surface area (Å²) >= 11 is 0. The maximum atomic E-state index is 13.1. The molecule has 0 saturated carbocycles. The lowest BCUT2D eigenvalue weighted by Gasteiger charge is -2.40. The molecule has 1 aromatic carbocycles. The van der Waals surface area contributed by atoms with Crippen LogP contribution in [0.4, 0.5) is 4.79 Å². The van der Waals surface area contributed by atoms with E-state index >= 15 is 0 Å². The average molecular weight is 406 g/mol. The molecule has 1 heterocycles. The van der Waals surface area contributed by atoms with Gasteiger partial charge in [-0.25, -0.2) is 4.79 Å². The van der Waals surface area contributed by atoms with Gasteiger partial charge in [0, 0.05) is 6.54 Å². The molecule has 2 rings (SSSR count). The summed E-state index contributed by atoms with van der Waals surface area (Å²) in [5, 5.41) is 0. The van der Waals surface area contributed by atoms with Crippen LogP contribution in [0.5, 0.6) is 0 Å². The largest absolute Gasteiger partial charge is 0.468 e. The quantitative estimate of drug-likeness (QED) is 0.651. The fraction of sp³-hybridized carbons (Fsp3) is 0.652. The second-order valence-corrected chi connectivity index (χ2v) is 9.20. The van der Waals surface area contributed by atoms with Crippen molar-refractivity contribution in [1.82, 2.24) is 4.90 Å². The number of piperidine rings is 1. The van der Waals surface area contributed by atoms with Crippen molar-refractivity contribution in [2.24, 2.45) is 0 Å². The van der Waals surface area contributed by atoms with E-state index in [1.807, 2.05) is 65.0 Å². The van der Waals surface area contributed by atoms with Crippen LogP contribution in [0.15, 0.2) is 30.3 Å². The molecule has 1 saturated heterocycles. The van der Waals surface area contributed by atoms with E-state index in [1.54, 1.807) is 4.90 Å². The molecule has 0 aromatic heterocycles. The highest BCUT2D eigenvalue weighted by molar-refractivity contribution is 5.80. The summed E-state index contributed by atoms with van der Waals surface area (Å²) in [5.41, 5.74) is -0.250. The number of carbonyl (C=O) groups excluding carboxylic acids is 2. The molecule has 162 valence electrons. The van der Waals surface area contributed by atoms with Gasteiger partial charge in [-0.15, -0.1) is 0 Å². The number of esters is 1. The minimum Gasteiger partial charge on any atom is -0.468 e. The molecule has 2 atom stereocenters.